The Hall–Kier alpha value is -1.01. The van der Waals surface area contributed by atoms with Gasteiger partial charge in [-0.3, -0.25) is 9.78 Å². The Bertz CT molecular complexity index is 603. The molecule has 1 aromatic heterocycles. The van der Waals surface area contributed by atoms with Crippen molar-refractivity contribution in [2.24, 2.45) is 4.99 Å². The van der Waals surface area contributed by atoms with Gasteiger partial charge in [0.2, 0.25) is 0 Å². The summed E-state index contributed by atoms with van der Waals surface area (Å²) in [4.78, 5) is 19.2. The van der Waals surface area contributed by atoms with E-state index >= 15 is 0 Å². The number of carbonyl (C=O) groups is 1. The molecule has 0 spiro atoms. The molecule has 0 radical (unpaired) electrons. The predicted octanol–water partition coefficient (Wildman–Crippen LogP) is -1.20. The van der Waals surface area contributed by atoms with Gasteiger partial charge in [-0.05, 0) is 33.5 Å². The van der Waals surface area contributed by atoms with Gasteiger partial charge >= 0.3 is 29.6 Å². The molecule has 4 nitrogen and oxygen atoms in total. The van der Waals surface area contributed by atoms with E-state index in [-0.39, 0.29) is 29.6 Å². The molecule has 0 atom stereocenters. The number of halogens is 1. The van der Waals surface area contributed by atoms with Crippen LogP contribution < -0.4 is 34.7 Å². The summed E-state index contributed by atoms with van der Waals surface area (Å²) in [6.07, 6.45) is 2.95. The molecule has 90 valence electrons. The summed E-state index contributed by atoms with van der Waals surface area (Å²) in [7, 11) is 0. The maximum atomic E-state index is 11.8. The van der Waals surface area contributed by atoms with Crippen molar-refractivity contribution in [3.63, 3.8) is 0 Å². The van der Waals surface area contributed by atoms with Crippen LogP contribution in [0, 0.1) is 0 Å². The second-order valence-electron chi connectivity index (χ2n) is 3.44. The summed E-state index contributed by atoms with van der Waals surface area (Å²) in [5, 5.41) is 11.7. The summed E-state index contributed by atoms with van der Waals surface area (Å²) in [5.74, 6) is -1.14. The maximum absolute atomic E-state index is 11.8. The number of nitrogens with zero attached hydrogens (tertiary/aromatic N) is 2. The second kappa shape index (κ2) is 7.55. The number of rotatable bonds is 2. The third-order valence-corrected chi connectivity index (χ3v) is 2.86. The molecule has 0 aliphatic rings. The first-order valence-electron chi connectivity index (χ1n) is 5.13. The van der Waals surface area contributed by atoms with Crippen molar-refractivity contribution in [3.8, 4) is 0 Å². The quantitative estimate of drug-likeness (QED) is 0.395. The second-order valence-corrected chi connectivity index (χ2v) is 4.30. The van der Waals surface area contributed by atoms with E-state index < -0.39 is 11.8 Å². The molecule has 1 heterocycles. The number of aliphatic imine (C=N–C) groups is 1. The molecule has 2 rings (SSSR count). The number of carbonyl (C=O) groups excluding carboxylic acids is 1. The van der Waals surface area contributed by atoms with Crippen molar-refractivity contribution in [3.05, 3.63) is 64.4 Å². The Morgan fingerprint density at radius 1 is 1.21 bits per heavy atom. The van der Waals surface area contributed by atoms with Gasteiger partial charge in [0.15, 0.2) is 0 Å². The van der Waals surface area contributed by atoms with E-state index in [1.165, 1.54) is 18.5 Å². The number of hydrogen-bond acceptors (Lipinski definition) is 3. The van der Waals surface area contributed by atoms with Gasteiger partial charge in [0, 0.05) is 16.9 Å². The van der Waals surface area contributed by atoms with Gasteiger partial charge in [-0.1, -0.05) is 30.3 Å². The average molecular weight is 327 g/mol. The summed E-state index contributed by atoms with van der Waals surface area (Å²) in [6.45, 7) is 0. The van der Waals surface area contributed by atoms with Crippen molar-refractivity contribution >= 4 is 27.7 Å². The van der Waals surface area contributed by atoms with Crippen molar-refractivity contribution in [1.82, 2.24) is 4.98 Å². The Labute approximate surface area is 141 Å². The Morgan fingerprint density at radius 3 is 2.53 bits per heavy atom. The predicted molar refractivity (Wildman–Crippen MR) is 69.2 cm³/mol. The molecule has 0 N–H and O–H groups in total. The van der Waals surface area contributed by atoms with Gasteiger partial charge in [-0.2, -0.15) is 0 Å². The molecule has 2 aromatic rings. The van der Waals surface area contributed by atoms with Gasteiger partial charge in [0.05, 0.1) is 5.56 Å². The van der Waals surface area contributed by atoms with Crippen LogP contribution in [0.2, 0.25) is 0 Å². The number of aromatic nitrogens is 1. The van der Waals surface area contributed by atoms with E-state index in [1.807, 2.05) is 0 Å². The van der Waals surface area contributed by atoms with Crippen LogP contribution in [0.25, 0.3) is 0 Å². The van der Waals surface area contributed by atoms with Gasteiger partial charge in [0.25, 0.3) is 5.91 Å². The Morgan fingerprint density at radius 2 is 1.89 bits per heavy atom. The largest absolute Gasteiger partial charge is 1.00 e. The Balaban J connectivity index is 0.00000180. The van der Waals surface area contributed by atoms with Crippen LogP contribution in [0.4, 0.5) is 0 Å². The monoisotopic (exact) mass is 326 g/mol. The van der Waals surface area contributed by atoms with Crippen molar-refractivity contribution in [2.75, 3.05) is 0 Å². The fourth-order valence-electron chi connectivity index (χ4n) is 1.35. The van der Waals surface area contributed by atoms with E-state index in [1.54, 1.807) is 30.3 Å². The molecular weight excluding hydrogens is 319 g/mol. The normalized spacial score (nSPS) is 10.7. The molecule has 1 aromatic carbocycles. The van der Waals surface area contributed by atoms with Crippen LogP contribution in [0.5, 0.6) is 0 Å². The van der Waals surface area contributed by atoms with Crippen LogP contribution >= 0.6 is 15.9 Å². The van der Waals surface area contributed by atoms with Gasteiger partial charge in [-0.25, -0.2) is 4.99 Å². The van der Waals surface area contributed by atoms with E-state index in [0.717, 1.165) is 0 Å². The SMILES string of the molecule is O=C(N=C([O-])c1ccccc1)c1ccncc1Br.[Na+]. The smallest absolute Gasteiger partial charge is 0.858 e. The Kier molecular flexibility index (Phi) is 6.37. The number of pyridine rings is 1. The zero-order valence-corrected chi connectivity index (χ0v) is 13.8. The minimum absolute atomic E-state index is 0. The first kappa shape index (κ1) is 16.0. The minimum atomic E-state index is -0.585. The molecule has 0 unspecified atom stereocenters. The standard InChI is InChI=1S/C13H9BrN2O2.Na/c14-11-8-15-7-6-10(11)13(18)16-12(17)9-4-2-1-3-5-9;/h1-8H,(H,16,17,18);/q;+1/p-1. The first-order chi connectivity index (χ1) is 8.68. The zero-order chi connectivity index (χ0) is 13.0. The average Bonchev–Trinajstić information content (AvgIpc) is 2.40. The number of amides is 1. The third-order valence-electron chi connectivity index (χ3n) is 2.23. The number of benzene rings is 1. The molecular formula is C13H8BrN2NaO2. The molecule has 0 fully saturated rings. The van der Waals surface area contributed by atoms with Crippen LogP contribution in [-0.4, -0.2) is 16.8 Å². The van der Waals surface area contributed by atoms with Crippen molar-refractivity contribution in [2.45, 2.75) is 0 Å². The van der Waals surface area contributed by atoms with Gasteiger partial charge in [0.1, 0.15) is 0 Å². The fourth-order valence-corrected chi connectivity index (χ4v) is 1.77. The fraction of sp³-hybridized carbons (Fsp3) is 0. The molecule has 0 aliphatic carbocycles. The van der Waals surface area contributed by atoms with E-state index in [0.29, 0.717) is 15.6 Å². The maximum Gasteiger partial charge on any atom is 1.00 e. The minimum Gasteiger partial charge on any atom is -0.858 e. The molecule has 0 bridgehead atoms. The van der Waals surface area contributed by atoms with E-state index in [4.69, 9.17) is 0 Å². The number of hydrogen-bond donors (Lipinski definition) is 0. The summed E-state index contributed by atoms with van der Waals surface area (Å²) in [6, 6.07) is 9.96. The molecule has 6 heteroatoms. The molecule has 19 heavy (non-hydrogen) atoms. The molecule has 0 saturated carbocycles. The topological polar surface area (TPSA) is 65.4 Å². The van der Waals surface area contributed by atoms with Gasteiger partial charge < -0.3 is 5.11 Å². The molecule has 0 saturated heterocycles. The first-order valence-corrected chi connectivity index (χ1v) is 5.93. The van der Waals surface area contributed by atoms with Crippen molar-refractivity contribution < 1.29 is 39.5 Å². The van der Waals surface area contributed by atoms with Crippen LogP contribution in [0.3, 0.4) is 0 Å². The van der Waals surface area contributed by atoms with Gasteiger partial charge in [-0.15, -0.1) is 0 Å². The van der Waals surface area contributed by atoms with E-state index in [9.17, 15) is 9.90 Å². The van der Waals surface area contributed by atoms with Crippen LogP contribution in [-0.2, 0) is 0 Å². The molecule has 1 amide bonds. The van der Waals surface area contributed by atoms with Crippen LogP contribution in [0.15, 0.2) is 58.3 Å². The summed E-state index contributed by atoms with van der Waals surface area (Å²) < 4.78 is 0.514. The zero-order valence-electron chi connectivity index (χ0n) is 10.2. The molecule has 0 aliphatic heterocycles. The summed E-state index contributed by atoms with van der Waals surface area (Å²) in [5.41, 5.74) is 0.699. The van der Waals surface area contributed by atoms with E-state index in [2.05, 4.69) is 25.9 Å². The summed E-state index contributed by atoms with van der Waals surface area (Å²) >= 11 is 3.19. The third kappa shape index (κ3) is 4.24. The van der Waals surface area contributed by atoms with Crippen molar-refractivity contribution in [1.29, 1.82) is 0 Å². The van der Waals surface area contributed by atoms with Crippen LogP contribution in [0.1, 0.15) is 15.9 Å².